The summed E-state index contributed by atoms with van der Waals surface area (Å²) in [6.45, 7) is 0. The Morgan fingerprint density at radius 1 is 1.16 bits per heavy atom. The number of nitrogens with two attached hydrogens (primary N) is 1. The van der Waals surface area contributed by atoms with E-state index >= 15 is 0 Å². The molecule has 2 aromatic rings. The normalized spacial score (nSPS) is 11.4. The Kier molecular flexibility index (Phi) is 3.97. The zero-order valence-corrected chi connectivity index (χ0v) is 11.3. The molecule has 0 saturated carbocycles. The van der Waals surface area contributed by atoms with E-state index in [1.54, 1.807) is 13.2 Å². The molecule has 19 heavy (non-hydrogen) atoms. The molecule has 0 spiro atoms. The van der Waals surface area contributed by atoms with Gasteiger partial charge in [-0.1, -0.05) is 23.4 Å². The van der Waals surface area contributed by atoms with Crippen LogP contribution >= 0.6 is 12.6 Å². The molecule has 3 N–H and O–H groups in total. The average molecular weight is 274 g/mol. The van der Waals surface area contributed by atoms with Crippen molar-refractivity contribution >= 4 is 18.5 Å². The van der Waals surface area contributed by atoms with E-state index < -0.39 is 0 Å². The first-order valence-electron chi connectivity index (χ1n) is 5.61. The Morgan fingerprint density at radius 2 is 1.79 bits per heavy atom. The number of amidine groups is 1. The Morgan fingerprint density at radius 3 is 2.32 bits per heavy atom. The zero-order chi connectivity index (χ0) is 13.8. The van der Waals surface area contributed by atoms with E-state index in [1.165, 1.54) is 0 Å². The monoisotopic (exact) mass is 274 g/mol. The summed E-state index contributed by atoms with van der Waals surface area (Å²) in [4.78, 5) is 0.656. The van der Waals surface area contributed by atoms with Gasteiger partial charge in [-0.05, 0) is 35.4 Å². The van der Waals surface area contributed by atoms with Crippen molar-refractivity contribution in [3.05, 3.63) is 48.0 Å². The lowest BCUT2D eigenvalue weighted by Gasteiger charge is -2.07. The van der Waals surface area contributed by atoms with Gasteiger partial charge in [-0.15, -0.1) is 12.6 Å². The summed E-state index contributed by atoms with van der Waals surface area (Å²) in [5.41, 5.74) is 8.20. The lowest BCUT2D eigenvalue weighted by molar-refractivity contribution is 0.318. The number of oxime groups is 1. The lowest BCUT2D eigenvalue weighted by Crippen LogP contribution is -2.13. The van der Waals surface area contributed by atoms with Crippen LogP contribution in [0.25, 0.3) is 11.1 Å². The highest BCUT2D eigenvalue weighted by molar-refractivity contribution is 7.80. The standard InChI is InChI=1S/C14H14N2O2S/c1-18-11-5-2-9(3-6-11)10-4-7-12(13(19)8-10)14(15)16-17/h2-8,17,19H,1H3,(H2,15,16). The number of hydrogen-bond acceptors (Lipinski definition) is 4. The van der Waals surface area contributed by atoms with Crippen LogP contribution in [-0.4, -0.2) is 18.2 Å². The van der Waals surface area contributed by atoms with Crippen molar-refractivity contribution < 1.29 is 9.94 Å². The van der Waals surface area contributed by atoms with Crippen molar-refractivity contribution in [1.29, 1.82) is 0 Å². The molecule has 0 aliphatic rings. The minimum absolute atomic E-state index is 0.0475. The van der Waals surface area contributed by atoms with Crippen molar-refractivity contribution in [2.75, 3.05) is 7.11 Å². The van der Waals surface area contributed by atoms with Gasteiger partial charge in [0.05, 0.1) is 7.11 Å². The predicted octanol–water partition coefficient (Wildman–Crippen LogP) is 2.75. The van der Waals surface area contributed by atoms with Crippen LogP contribution in [0.2, 0.25) is 0 Å². The van der Waals surface area contributed by atoms with E-state index in [4.69, 9.17) is 15.7 Å². The number of benzene rings is 2. The lowest BCUT2D eigenvalue weighted by atomic mass is 10.0. The summed E-state index contributed by atoms with van der Waals surface area (Å²) >= 11 is 4.35. The van der Waals surface area contributed by atoms with E-state index in [1.807, 2.05) is 36.4 Å². The minimum Gasteiger partial charge on any atom is -0.497 e. The summed E-state index contributed by atoms with van der Waals surface area (Å²) in [5.74, 6) is 0.856. The quantitative estimate of drug-likeness (QED) is 0.265. The SMILES string of the molecule is COc1ccc(-c2ccc(C(N)=NO)c(S)c2)cc1. The summed E-state index contributed by atoms with van der Waals surface area (Å²) in [7, 11) is 1.63. The van der Waals surface area contributed by atoms with Gasteiger partial charge < -0.3 is 15.7 Å². The van der Waals surface area contributed by atoms with Gasteiger partial charge in [-0.3, -0.25) is 0 Å². The molecule has 0 saturated heterocycles. The zero-order valence-electron chi connectivity index (χ0n) is 10.4. The topological polar surface area (TPSA) is 67.8 Å². The summed E-state index contributed by atoms with van der Waals surface area (Å²) in [6, 6.07) is 13.3. The van der Waals surface area contributed by atoms with Gasteiger partial charge in [0, 0.05) is 10.5 Å². The van der Waals surface area contributed by atoms with Gasteiger partial charge in [0.2, 0.25) is 0 Å². The van der Waals surface area contributed by atoms with Gasteiger partial charge in [0.25, 0.3) is 0 Å². The molecule has 2 aromatic carbocycles. The second-order valence-electron chi connectivity index (χ2n) is 3.95. The first-order valence-corrected chi connectivity index (χ1v) is 6.05. The van der Waals surface area contributed by atoms with Gasteiger partial charge in [0.15, 0.2) is 5.84 Å². The number of ether oxygens (including phenoxy) is 1. The van der Waals surface area contributed by atoms with Crippen LogP contribution in [0.3, 0.4) is 0 Å². The maximum Gasteiger partial charge on any atom is 0.171 e. The first-order chi connectivity index (χ1) is 9.15. The molecule has 0 aliphatic carbocycles. The van der Waals surface area contributed by atoms with Crippen molar-refractivity contribution in [3.8, 4) is 16.9 Å². The van der Waals surface area contributed by atoms with E-state index in [-0.39, 0.29) is 5.84 Å². The van der Waals surface area contributed by atoms with Gasteiger partial charge >= 0.3 is 0 Å². The molecule has 0 bridgehead atoms. The van der Waals surface area contributed by atoms with Crippen molar-refractivity contribution in [2.24, 2.45) is 10.9 Å². The van der Waals surface area contributed by atoms with Crippen molar-refractivity contribution in [2.45, 2.75) is 4.90 Å². The largest absolute Gasteiger partial charge is 0.497 e. The molecule has 5 heteroatoms. The third kappa shape index (κ3) is 2.82. The van der Waals surface area contributed by atoms with Gasteiger partial charge in [0.1, 0.15) is 5.75 Å². The fourth-order valence-corrected chi connectivity index (χ4v) is 2.09. The minimum atomic E-state index is 0.0475. The Hall–Kier alpha value is -2.14. The number of methoxy groups -OCH3 is 1. The number of thiol groups is 1. The van der Waals surface area contributed by atoms with E-state index in [0.717, 1.165) is 16.9 Å². The maximum atomic E-state index is 8.67. The number of hydrogen-bond donors (Lipinski definition) is 3. The molecule has 0 heterocycles. The molecule has 0 fully saturated rings. The molecule has 4 nitrogen and oxygen atoms in total. The molecular weight excluding hydrogens is 260 g/mol. The second kappa shape index (κ2) is 5.67. The van der Waals surface area contributed by atoms with E-state index in [9.17, 15) is 0 Å². The van der Waals surface area contributed by atoms with E-state index in [2.05, 4.69) is 17.8 Å². The molecular formula is C14H14N2O2S. The summed E-state index contributed by atoms with van der Waals surface area (Å²) in [6.07, 6.45) is 0. The van der Waals surface area contributed by atoms with Crippen LogP contribution in [-0.2, 0) is 0 Å². The van der Waals surface area contributed by atoms with Crippen LogP contribution in [0.15, 0.2) is 52.5 Å². The van der Waals surface area contributed by atoms with Crippen molar-refractivity contribution in [1.82, 2.24) is 0 Å². The molecule has 0 atom stereocenters. The first kappa shape index (κ1) is 13.3. The molecule has 2 rings (SSSR count). The van der Waals surface area contributed by atoms with E-state index in [0.29, 0.717) is 10.5 Å². The number of rotatable bonds is 3. The van der Waals surface area contributed by atoms with Crippen LogP contribution in [0, 0.1) is 0 Å². The fraction of sp³-hybridized carbons (Fsp3) is 0.0714. The summed E-state index contributed by atoms with van der Waals surface area (Å²) < 4.78 is 5.12. The molecule has 0 unspecified atom stereocenters. The predicted molar refractivity (Wildman–Crippen MR) is 78.2 cm³/mol. The number of nitrogens with zero attached hydrogens (tertiary/aromatic N) is 1. The second-order valence-corrected chi connectivity index (χ2v) is 4.43. The highest BCUT2D eigenvalue weighted by Crippen LogP contribution is 2.26. The Bertz CT molecular complexity index is 609. The average Bonchev–Trinajstić information content (AvgIpc) is 2.46. The van der Waals surface area contributed by atoms with Crippen LogP contribution in [0.4, 0.5) is 0 Å². The van der Waals surface area contributed by atoms with Crippen LogP contribution in [0.5, 0.6) is 5.75 Å². The maximum absolute atomic E-state index is 8.67. The molecule has 98 valence electrons. The molecule has 0 amide bonds. The Labute approximate surface area is 116 Å². The molecule has 0 radical (unpaired) electrons. The highest BCUT2D eigenvalue weighted by Gasteiger charge is 2.06. The fourth-order valence-electron chi connectivity index (χ4n) is 1.77. The van der Waals surface area contributed by atoms with Gasteiger partial charge in [-0.25, -0.2) is 0 Å². The highest BCUT2D eigenvalue weighted by atomic mass is 32.1. The molecule has 0 aliphatic heterocycles. The summed E-state index contributed by atoms with van der Waals surface area (Å²) in [5, 5.41) is 11.6. The van der Waals surface area contributed by atoms with Crippen LogP contribution < -0.4 is 10.5 Å². The third-order valence-electron chi connectivity index (χ3n) is 2.80. The van der Waals surface area contributed by atoms with Gasteiger partial charge in [-0.2, -0.15) is 0 Å². The van der Waals surface area contributed by atoms with Crippen LogP contribution in [0.1, 0.15) is 5.56 Å². The third-order valence-corrected chi connectivity index (χ3v) is 3.17. The molecule has 0 aromatic heterocycles. The smallest absolute Gasteiger partial charge is 0.171 e. The van der Waals surface area contributed by atoms with Crippen molar-refractivity contribution in [3.63, 3.8) is 0 Å². The Balaban J connectivity index is 2.38.